The minimum Gasteiger partial charge on any atom is -0.381 e. The molecular weight excluding hydrogens is 520 g/mol. The molecule has 0 aliphatic carbocycles. The van der Waals surface area contributed by atoms with Gasteiger partial charge in [0.25, 0.3) is 0 Å². The number of aromatic nitrogens is 3. The first kappa shape index (κ1) is 25.2. The summed E-state index contributed by atoms with van der Waals surface area (Å²) in [6, 6.07) is 10.0. The Morgan fingerprint density at radius 3 is 2.69 bits per heavy atom. The average molecular weight is 546 g/mol. The van der Waals surface area contributed by atoms with E-state index in [4.69, 9.17) is 0 Å². The van der Waals surface area contributed by atoms with Crippen LogP contribution in [-0.4, -0.2) is 49.8 Å². The highest BCUT2D eigenvalue weighted by molar-refractivity contribution is 9.10. The largest absolute Gasteiger partial charge is 0.381 e. The van der Waals surface area contributed by atoms with Gasteiger partial charge in [0.05, 0.1) is 6.54 Å². The van der Waals surface area contributed by atoms with E-state index >= 15 is 0 Å². The van der Waals surface area contributed by atoms with Gasteiger partial charge in [0.15, 0.2) is 0 Å². The first-order valence-electron chi connectivity index (χ1n) is 11.2. The van der Waals surface area contributed by atoms with Crippen molar-refractivity contribution in [3.8, 4) is 0 Å². The van der Waals surface area contributed by atoms with Gasteiger partial charge in [-0.2, -0.15) is 5.10 Å². The molecule has 2 heterocycles. The molecule has 0 bridgehead atoms. The number of piperidine rings is 1. The fourth-order valence-electron chi connectivity index (χ4n) is 4.42. The summed E-state index contributed by atoms with van der Waals surface area (Å²) in [7, 11) is 0. The maximum atomic E-state index is 14.8. The average Bonchev–Trinajstić information content (AvgIpc) is 3.31. The van der Waals surface area contributed by atoms with Crippen molar-refractivity contribution in [2.75, 3.05) is 18.4 Å². The van der Waals surface area contributed by atoms with Crippen LogP contribution in [0.2, 0.25) is 0 Å². The van der Waals surface area contributed by atoms with Crippen molar-refractivity contribution in [3.63, 3.8) is 0 Å². The number of hydrogen-bond donors (Lipinski definition) is 2. The van der Waals surface area contributed by atoms with E-state index in [0.29, 0.717) is 31.6 Å². The lowest BCUT2D eigenvalue weighted by atomic mass is 9.84. The summed E-state index contributed by atoms with van der Waals surface area (Å²) in [5.74, 6) is -1.73. The molecule has 3 aromatic rings. The van der Waals surface area contributed by atoms with Crippen LogP contribution in [0, 0.1) is 11.6 Å². The van der Waals surface area contributed by atoms with E-state index in [9.17, 15) is 18.7 Å². The quantitative estimate of drug-likeness (QED) is 0.433. The molecule has 1 fully saturated rings. The molecule has 0 unspecified atom stereocenters. The SMILES string of the molecule is C[C@@H](N1CCC(=CC(=O)Nc2cccc(Br)c2)CC1)[C@](O)(Cn1cncn1)c1ccc(F)cc1F. The van der Waals surface area contributed by atoms with Gasteiger partial charge in [-0.1, -0.05) is 33.6 Å². The molecule has 2 aromatic carbocycles. The Bertz CT molecular complexity index is 1210. The number of hydrogen-bond acceptors (Lipinski definition) is 5. The molecule has 2 N–H and O–H groups in total. The lowest BCUT2D eigenvalue weighted by Crippen LogP contribution is -2.53. The lowest BCUT2D eigenvalue weighted by molar-refractivity contribution is -0.112. The van der Waals surface area contributed by atoms with Crippen molar-refractivity contribution >= 4 is 27.5 Å². The van der Waals surface area contributed by atoms with E-state index in [-0.39, 0.29) is 18.0 Å². The van der Waals surface area contributed by atoms with Gasteiger partial charge in [0.2, 0.25) is 5.91 Å². The maximum absolute atomic E-state index is 14.8. The predicted octanol–water partition coefficient (Wildman–Crippen LogP) is 4.26. The monoisotopic (exact) mass is 545 g/mol. The number of amides is 1. The van der Waals surface area contributed by atoms with Crippen molar-refractivity contribution in [3.05, 3.63) is 88.4 Å². The second kappa shape index (κ2) is 10.8. The van der Waals surface area contributed by atoms with E-state index in [1.165, 1.54) is 23.4 Å². The fourth-order valence-corrected chi connectivity index (χ4v) is 4.82. The van der Waals surface area contributed by atoms with Gasteiger partial charge in [0, 0.05) is 47.0 Å². The van der Waals surface area contributed by atoms with E-state index < -0.39 is 23.3 Å². The van der Waals surface area contributed by atoms with Gasteiger partial charge < -0.3 is 10.4 Å². The number of anilines is 1. The predicted molar refractivity (Wildman–Crippen MR) is 131 cm³/mol. The molecule has 1 aromatic heterocycles. The smallest absolute Gasteiger partial charge is 0.248 e. The summed E-state index contributed by atoms with van der Waals surface area (Å²) in [5.41, 5.74) is 0.00209. The number of halogens is 3. The van der Waals surface area contributed by atoms with Crippen molar-refractivity contribution in [2.24, 2.45) is 0 Å². The first-order chi connectivity index (χ1) is 16.7. The topological polar surface area (TPSA) is 83.3 Å². The summed E-state index contributed by atoms with van der Waals surface area (Å²) in [4.78, 5) is 18.4. The van der Waals surface area contributed by atoms with E-state index in [0.717, 1.165) is 22.2 Å². The molecule has 0 spiro atoms. The van der Waals surface area contributed by atoms with Gasteiger partial charge in [-0.3, -0.25) is 9.69 Å². The number of nitrogens with zero attached hydrogens (tertiary/aromatic N) is 4. The molecule has 0 radical (unpaired) electrons. The second-order valence-electron chi connectivity index (χ2n) is 8.66. The van der Waals surface area contributed by atoms with Crippen LogP contribution in [0.4, 0.5) is 14.5 Å². The van der Waals surface area contributed by atoms with Gasteiger partial charge in [-0.15, -0.1) is 0 Å². The zero-order valence-electron chi connectivity index (χ0n) is 19.2. The summed E-state index contributed by atoms with van der Waals surface area (Å²) < 4.78 is 30.7. The van der Waals surface area contributed by atoms with E-state index in [1.54, 1.807) is 6.08 Å². The van der Waals surface area contributed by atoms with Gasteiger partial charge in [-0.05, 0) is 44.0 Å². The molecule has 2 atom stereocenters. The summed E-state index contributed by atoms with van der Waals surface area (Å²) in [6.07, 6.45) is 5.65. The third kappa shape index (κ3) is 6.01. The molecule has 10 heteroatoms. The number of nitrogens with one attached hydrogen (secondary N) is 1. The normalized spacial score (nSPS) is 17.0. The number of likely N-dealkylation sites (tertiary alicyclic amines) is 1. The standard InChI is InChI=1S/C25H26BrF2N5O2/c1-17(25(35,14-33-16-29-15-30-33)22-6-5-20(27)13-23(22)28)32-9-7-18(8-10-32)11-24(34)31-21-4-2-3-19(26)12-21/h2-6,11-13,15-17,35H,7-10,14H2,1H3,(H,31,34)/t17-,25-/m1/s1. The van der Waals surface area contributed by atoms with Gasteiger partial charge in [0.1, 0.15) is 29.9 Å². The van der Waals surface area contributed by atoms with Crippen LogP contribution in [0.1, 0.15) is 25.3 Å². The van der Waals surface area contributed by atoms with Crippen LogP contribution in [-0.2, 0) is 16.9 Å². The van der Waals surface area contributed by atoms with Crippen LogP contribution in [0.3, 0.4) is 0 Å². The number of carbonyl (C=O) groups is 1. The number of carbonyl (C=O) groups excluding carboxylic acids is 1. The van der Waals surface area contributed by atoms with Gasteiger partial charge in [-0.25, -0.2) is 18.4 Å². The first-order valence-corrected chi connectivity index (χ1v) is 12.0. The Kier molecular flexibility index (Phi) is 7.73. The Hall–Kier alpha value is -2.95. The summed E-state index contributed by atoms with van der Waals surface area (Å²) >= 11 is 3.39. The molecule has 1 aliphatic heterocycles. The third-order valence-electron chi connectivity index (χ3n) is 6.37. The van der Waals surface area contributed by atoms with Crippen molar-refractivity contribution in [1.82, 2.24) is 19.7 Å². The van der Waals surface area contributed by atoms with Crippen molar-refractivity contribution in [2.45, 2.75) is 38.0 Å². The molecule has 7 nitrogen and oxygen atoms in total. The van der Waals surface area contributed by atoms with Crippen LogP contribution in [0.25, 0.3) is 0 Å². The summed E-state index contributed by atoms with van der Waals surface area (Å²) in [5, 5.41) is 18.7. The molecule has 1 saturated heterocycles. The fraction of sp³-hybridized carbons (Fsp3) is 0.320. The van der Waals surface area contributed by atoms with E-state index in [1.807, 2.05) is 36.1 Å². The zero-order valence-corrected chi connectivity index (χ0v) is 20.8. The third-order valence-corrected chi connectivity index (χ3v) is 6.87. The molecule has 1 aliphatic rings. The van der Waals surface area contributed by atoms with Crippen LogP contribution in [0.15, 0.2) is 71.2 Å². The molecule has 0 saturated carbocycles. The highest BCUT2D eigenvalue weighted by Gasteiger charge is 2.42. The minimum atomic E-state index is -1.69. The second-order valence-corrected chi connectivity index (χ2v) is 9.57. The molecule has 1 amide bonds. The molecular formula is C25H26BrF2N5O2. The summed E-state index contributed by atoms with van der Waals surface area (Å²) in [6.45, 7) is 2.90. The number of benzene rings is 2. The highest BCUT2D eigenvalue weighted by Crippen LogP contribution is 2.34. The molecule has 4 rings (SSSR count). The molecule has 184 valence electrons. The Morgan fingerprint density at radius 2 is 2.03 bits per heavy atom. The number of rotatable bonds is 7. The van der Waals surface area contributed by atoms with Crippen LogP contribution in [0.5, 0.6) is 0 Å². The zero-order chi connectivity index (χ0) is 25.0. The van der Waals surface area contributed by atoms with Crippen molar-refractivity contribution < 1.29 is 18.7 Å². The van der Waals surface area contributed by atoms with Crippen LogP contribution < -0.4 is 5.32 Å². The van der Waals surface area contributed by atoms with Gasteiger partial charge >= 0.3 is 0 Å². The Labute approximate surface area is 210 Å². The lowest BCUT2D eigenvalue weighted by Gasteiger charge is -2.43. The van der Waals surface area contributed by atoms with Crippen LogP contribution >= 0.6 is 15.9 Å². The minimum absolute atomic E-state index is 0.00311. The van der Waals surface area contributed by atoms with E-state index in [2.05, 4.69) is 31.3 Å². The van der Waals surface area contributed by atoms with Crippen molar-refractivity contribution in [1.29, 1.82) is 0 Å². The Balaban J connectivity index is 1.47. The Morgan fingerprint density at radius 1 is 1.26 bits per heavy atom. The molecule has 35 heavy (non-hydrogen) atoms. The number of aliphatic hydroxyl groups is 1. The highest BCUT2D eigenvalue weighted by atomic mass is 79.9. The maximum Gasteiger partial charge on any atom is 0.248 e.